The Hall–Kier alpha value is -1.95. The summed E-state index contributed by atoms with van der Waals surface area (Å²) < 4.78 is 5.28. The number of carbonyl (C=O) groups excluding carboxylic acids is 1. The van der Waals surface area contributed by atoms with Gasteiger partial charge in [0.05, 0.1) is 16.6 Å². The highest BCUT2D eigenvalue weighted by Gasteiger charge is 2.21. The van der Waals surface area contributed by atoms with Gasteiger partial charge in [-0.1, -0.05) is 19.0 Å². The first-order valence-corrected chi connectivity index (χ1v) is 7.16. The van der Waals surface area contributed by atoms with Crippen LogP contribution < -0.4 is 10.6 Å². The number of hydrogen-bond donors (Lipinski definition) is 2. The maximum Gasteiger partial charge on any atom is 0.259 e. The van der Waals surface area contributed by atoms with E-state index in [1.54, 1.807) is 6.07 Å². The predicted octanol–water partition coefficient (Wildman–Crippen LogP) is 1.99. The van der Waals surface area contributed by atoms with E-state index in [1.807, 2.05) is 34.7 Å². The van der Waals surface area contributed by atoms with Crippen LogP contribution in [0.4, 0.5) is 0 Å². The second-order valence-corrected chi connectivity index (χ2v) is 5.61. The molecule has 1 atom stereocenters. The number of amides is 1. The van der Waals surface area contributed by atoms with Crippen molar-refractivity contribution in [2.75, 3.05) is 13.6 Å². The number of aryl methyl sites for hydroxylation is 1. The Balaban J connectivity index is 2.41. The van der Waals surface area contributed by atoms with Gasteiger partial charge in [0.2, 0.25) is 0 Å². The fourth-order valence-corrected chi connectivity index (χ4v) is 2.11. The molecule has 0 saturated heterocycles. The number of nitrogens with one attached hydrogen (secondary N) is 2. The van der Waals surface area contributed by atoms with Gasteiger partial charge in [0.1, 0.15) is 0 Å². The van der Waals surface area contributed by atoms with Crippen LogP contribution in [0.5, 0.6) is 0 Å². The summed E-state index contributed by atoms with van der Waals surface area (Å²) in [6.45, 7) is 8.43. The van der Waals surface area contributed by atoms with E-state index in [9.17, 15) is 4.79 Å². The standard InChI is InChI=1S/C15H22N4O2/c1-8(2)13-12-11(14(20)17-7-10(4)16-5)6-9(3)18-15(12)21-19-13/h6,8,10,16H,7H2,1-5H3,(H,17,20). The van der Waals surface area contributed by atoms with Crippen molar-refractivity contribution in [3.05, 3.63) is 23.0 Å². The van der Waals surface area contributed by atoms with Crippen molar-refractivity contribution in [2.24, 2.45) is 0 Å². The van der Waals surface area contributed by atoms with E-state index in [0.29, 0.717) is 23.2 Å². The van der Waals surface area contributed by atoms with E-state index in [2.05, 4.69) is 20.8 Å². The van der Waals surface area contributed by atoms with Gasteiger partial charge in [-0.3, -0.25) is 4.79 Å². The fourth-order valence-electron chi connectivity index (χ4n) is 2.11. The molecule has 6 nitrogen and oxygen atoms in total. The highest BCUT2D eigenvalue weighted by Crippen LogP contribution is 2.27. The summed E-state index contributed by atoms with van der Waals surface area (Å²) in [5, 5.41) is 10.8. The first kappa shape index (κ1) is 15.4. The molecule has 0 fully saturated rings. The summed E-state index contributed by atoms with van der Waals surface area (Å²) in [5.74, 6) is 0.0382. The van der Waals surface area contributed by atoms with Crippen molar-refractivity contribution in [3.8, 4) is 0 Å². The summed E-state index contributed by atoms with van der Waals surface area (Å²) in [4.78, 5) is 16.8. The van der Waals surface area contributed by atoms with Crippen LogP contribution in [0.2, 0.25) is 0 Å². The largest absolute Gasteiger partial charge is 0.350 e. The Labute approximate surface area is 124 Å². The van der Waals surface area contributed by atoms with E-state index in [1.165, 1.54) is 0 Å². The van der Waals surface area contributed by atoms with Gasteiger partial charge >= 0.3 is 0 Å². The molecular weight excluding hydrogens is 268 g/mol. The second-order valence-electron chi connectivity index (χ2n) is 5.61. The Kier molecular flexibility index (Phi) is 4.57. The molecule has 2 heterocycles. The molecule has 114 valence electrons. The third-order valence-electron chi connectivity index (χ3n) is 3.45. The topological polar surface area (TPSA) is 80.0 Å². The molecule has 0 spiro atoms. The molecule has 1 unspecified atom stereocenters. The van der Waals surface area contributed by atoms with Crippen LogP contribution in [0.1, 0.15) is 48.4 Å². The van der Waals surface area contributed by atoms with Crippen molar-refractivity contribution in [1.82, 2.24) is 20.8 Å². The third-order valence-corrected chi connectivity index (χ3v) is 3.45. The average molecular weight is 290 g/mol. The fraction of sp³-hybridized carbons (Fsp3) is 0.533. The Bertz CT molecular complexity index is 648. The molecule has 1 amide bonds. The van der Waals surface area contributed by atoms with Crippen LogP contribution in [-0.4, -0.2) is 35.7 Å². The zero-order chi connectivity index (χ0) is 15.6. The van der Waals surface area contributed by atoms with E-state index in [-0.39, 0.29) is 17.9 Å². The summed E-state index contributed by atoms with van der Waals surface area (Å²) in [5.41, 5.74) is 2.50. The van der Waals surface area contributed by atoms with Crippen molar-refractivity contribution >= 4 is 17.0 Å². The van der Waals surface area contributed by atoms with Crippen LogP contribution in [0.25, 0.3) is 11.1 Å². The summed E-state index contributed by atoms with van der Waals surface area (Å²) in [7, 11) is 1.86. The van der Waals surface area contributed by atoms with Crippen molar-refractivity contribution < 1.29 is 9.32 Å². The summed E-state index contributed by atoms with van der Waals surface area (Å²) >= 11 is 0. The SMILES string of the molecule is CNC(C)CNC(=O)c1cc(C)nc2onc(C(C)C)c12. The minimum atomic E-state index is -0.127. The first-order valence-electron chi connectivity index (χ1n) is 7.16. The number of hydrogen-bond acceptors (Lipinski definition) is 5. The molecule has 2 aromatic rings. The molecule has 0 aromatic carbocycles. The van der Waals surface area contributed by atoms with Gasteiger partial charge in [-0.2, -0.15) is 0 Å². The van der Waals surface area contributed by atoms with Gasteiger partial charge in [-0.25, -0.2) is 4.98 Å². The van der Waals surface area contributed by atoms with Gasteiger partial charge in [-0.05, 0) is 32.9 Å². The lowest BCUT2D eigenvalue weighted by molar-refractivity contribution is 0.0952. The molecule has 0 radical (unpaired) electrons. The molecular formula is C15H22N4O2. The molecule has 0 aliphatic rings. The molecule has 6 heteroatoms. The highest BCUT2D eigenvalue weighted by molar-refractivity contribution is 6.06. The first-order chi connectivity index (χ1) is 9.93. The van der Waals surface area contributed by atoms with E-state index >= 15 is 0 Å². The molecule has 0 saturated carbocycles. The minimum absolute atomic E-state index is 0.127. The highest BCUT2D eigenvalue weighted by atomic mass is 16.5. The molecule has 2 rings (SSSR count). The lowest BCUT2D eigenvalue weighted by Gasteiger charge is -2.12. The van der Waals surface area contributed by atoms with Crippen LogP contribution in [0, 0.1) is 6.92 Å². The van der Waals surface area contributed by atoms with E-state index < -0.39 is 0 Å². The molecule has 21 heavy (non-hydrogen) atoms. The average Bonchev–Trinajstić information content (AvgIpc) is 2.87. The van der Waals surface area contributed by atoms with Gasteiger partial charge in [0.15, 0.2) is 0 Å². The number of pyridine rings is 1. The zero-order valence-corrected chi connectivity index (χ0v) is 13.2. The Morgan fingerprint density at radius 3 is 2.71 bits per heavy atom. The number of aromatic nitrogens is 2. The predicted molar refractivity (Wildman–Crippen MR) is 81.5 cm³/mol. The maximum absolute atomic E-state index is 12.5. The lowest BCUT2D eigenvalue weighted by Crippen LogP contribution is -2.37. The van der Waals surface area contributed by atoms with Crippen LogP contribution in [-0.2, 0) is 0 Å². The third kappa shape index (κ3) is 3.21. The van der Waals surface area contributed by atoms with E-state index in [0.717, 1.165) is 11.4 Å². The Morgan fingerprint density at radius 2 is 2.10 bits per heavy atom. The molecule has 0 aliphatic heterocycles. The molecule has 0 aliphatic carbocycles. The number of carbonyl (C=O) groups is 1. The van der Waals surface area contributed by atoms with Crippen molar-refractivity contribution in [2.45, 2.75) is 39.7 Å². The molecule has 2 N–H and O–H groups in total. The van der Waals surface area contributed by atoms with E-state index in [4.69, 9.17) is 4.52 Å². The smallest absolute Gasteiger partial charge is 0.259 e. The zero-order valence-electron chi connectivity index (χ0n) is 13.2. The lowest BCUT2D eigenvalue weighted by atomic mass is 10.0. The van der Waals surface area contributed by atoms with Gasteiger partial charge < -0.3 is 15.2 Å². The Morgan fingerprint density at radius 1 is 1.38 bits per heavy atom. The number of rotatable bonds is 5. The van der Waals surface area contributed by atoms with Crippen LogP contribution >= 0.6 is 0 Å². The van der Waals surface area contributed by atoms with Gasteiger partial charge in [-0.15, -0.1) is 0 Å². The monoisotopic (exact) mass is 290 g/mol. The van der Waals surface area contributed by atoms with Crippen LogP contribution in [0.15, 0.2) is 10.6 Å². The summed E-state index contributed by atoms with van der Waals surface area (Å²) in [6.07, 6.45) is 0. The molecule has 2 aromatic heterocycles. The minimum Gasteiger partial charge on any atom is -0.350 e. The van der Waals surface area contributed by atoms with Crippen LogP contribution in [0.3, 0.4) is 0 Å². The molecule has 0 bridgehead atoms. The van der Waals surface area contributed by atoms with Gasteiger partial charge in [0, 0.05) is 18.3 Å². The second kappa shape index (κ2) is 6.22. The number of fused-ring (bicyclic) bond motifs is 1. The van der Waals surface area contributed by atoms with Gasteiger partial charge in [0.25, 0.3) is 11.6 Å². The normalized spacial score (nSPS) is 12.9. The number of likely N-dealkylation sites (N-methyl/N-ethyl adjacent to an activating group) is 1. The summed E-state index contributed by atoms with van der Waals surface area (Å²) in [6, 6.07) is 1.99. The maximum atomic E-state index is 12.5. The van der Waals surface area contributed by atoms with Crippen molar-refractivity contribution in [1.29, 1.82) is 0 Å². The quantitative estimate of drug-likeness (QED) is 0.880. The van der Waals surface area contributed by atoms with Crippen molar-refractivity contribution in [3.63, 3.8) is 0 Å². The number of nitrogens with zero attached hydrogens (tertiary/aromatic N) is 2.